The van der Waals surface area contributed by atoms with E-state index in [1.165, 1.54) is 32.1 Å². The van der Waals surface area contributed by atoms with Crippen LogP contribution in [0.25, 0.3) is 16.8 Å². The van der Waals surface area contributed by atoms with Crippen molar-refractivity contribution in [3.05, 3.63) is 24.3 Å². The third kappa shape index (κ3) is 2.24. The van der Waals surface area contributed by atoms with E-state index in [1.54, 1.807) is 0 Å². The first-order valence-corrected chi connectivity index (χ1v) is 9.23. The molecule has 2 aliphatic carbocycles. The van der Waals surface area contributed by atoms with Gasteiger partial charge >= 0.3 is 0 Å². The second-order valence-corrected chi connectivity index (χ2v) is 7.62. The minimum Gasteiger partial charge on any atom is -0.345 e. The summed E-state index contributed by atoms with van der Waals surface area (Å²) in [6.45, 7) is 2.36. The number of hydrogen-bond acceptors (Lipinski definition) is 4. The van der Waals surface area contributed by atoms with Crippen LogP contribution in [0.15, 0.2) is 18.5 Å². The van der Waals surface area contributed by atoms with Crippen molar-refractivity contribution in [2.24, 2.45) is 5.92 Å². The van der Waals surface area contributed by atoms with E-state index in [2.05, 4.69) is 42.9 Å². The molecule has 0 radical (unpaired) electrons. The molecule has 0 spiro atoms. The summed E-state index contributed by atoms with van der Waals surface area (Å²) >= 11 is 0. The Kier molecular flexibility index (Phi) is 3.33. The van der Waals surface area contributed by atoms with E-state index in [4.69, 9.17) is 0 Å². The van der Waals surface area contributed by atoms with Crippen molar-refractivity contribution in [3.8, 4) is 0 Å². The van der Waals surface area contributed by atoms with Crippen molar-refractivity contribution < 1.29 is 0 Å². The standard InChI is InChI=1S/C18H24N6/c1-11-8-13(21-12-4-2-3-5-12)9-14(11)18-23-22-16-10-20-17-15(24(16)18)6-7-19-17/h6-7,10-14,19,21H,2-5,8-9H2,1H3/t11-,13+,14+/m1/s1. The smallest absolute Gasteiger partial charge is 0.179 e. The molecule has 0 aliphatic heterocycles. The van der Waals surface area contributed by atoms with E-state index in [1.807, 2.05) is 12.4 Å². The van der Waals surface area contributed by atoms with Crippen LogP contribution in [0.4, 0.5) is 0 Å². The SMILES string of the molecule is C[C@@H]1C[C@H](NC2CCCC2)C[C@@H]1c1nnc2cnc3[nH]ccc3n12. The summed E-state index contributed by atoms with van der Waals surface area (Å²) in [7, 11) is 0. The molecule has 5 rings (SSSR count). The van der Waals surface area contributed by atoms with Crippen LogP contribution in [0.5, 0.6) is 0 Å². The van der Waals surface area contributed by atoms with Crippen molar-refractivity contribution in [1.82, 2.24) is 29.9 Å². The number of aromatic nitrogens is 5. The Hall–Kier alpha value is -1.95. The normalized spacial score (nSPS) is 28.5. The highest BCUT2D eigenvalue weighted by atomic mass is 15.3. The Labute approximate surface area is 141 Å². The summed E-state index contributed by atoms with van der Waals surface area (Å²) in [5.74, 6) is 2.18. The molecule has 3 heterocycles. The molecule has 0 saturated heterocycles. The fraction of sp³-hybridized carbons (Fsp3) is 0.611. The number of H-pyrrole nitrogens is 1. The lowest BCUT2D eigenvalue weighted by molar-refractivity contribution is 0.425. The van der Waals surface area contributed by atoms with Gasteiger partial charge in [-0.2, -0.15) is 0 Å². The molecular formula is C18H24N6. The molecule has 3 aromatic heterocycles. The molecule has 2 fully saturated rings. The molecule has 24 heavy (non-hydrogen) atoms. The number of fused-ring (bicyclic) bond motifs is 3. The van der Waals surface area contributed by atoms with Crippen LogP contribution >= 0.6 is 0 Å². The van der Waals surface area contributed by atoms with Gasteiger partial charge in [0.25, 0.3) is 0 Å². The van der Waals surface area contributed by atoms with Gasteiger partial charge in [-0.05, 0) is 37.7 Å². The Morgan fingerprint density at radius 2 is 2.04 bits per heavy atom. The summed E-state index contributed by atoms with van der Waals surface area (Å²) in [5.41, 5.74) is 2.82. The van der Waals surface area contributed by atoms with Gasteiger partial charge in [0.15, 0.2) is 11.3 Å². The molecule has 3 aromatic rings. The topological polar surface area (TPSA) is 70.9 Å². The molecule has 6 nitrogen and oxygen atoms in total. The number of hydrogen-bond donors (Lipinski definition) is 2. The van der Waals surface area contributed by atoms with Gasteiger partial charge in [-0.15, -0.1) is 10.2 Å². The second kappa shape index (κ2) is 5.55. The summed E-state index contributed by atoms with van der Waals surface area (Å²) in [4.78, 5) is 7.61. The third-order valence-electron chi connectivity index (χ3n) is 6.01. The van der Waals surface area contributed by atoms with Gasteiger partial charge in [-0.25, -0.2) is 4.98 Å². The van der Waals surface area contributed by atoms with Gasteiger partial charge in [0.2, 0.25) is 0 Å². The lowest BCUT2D eigenvalue weighted by Crippen LogP contribution is -2.35. The highest BCUT2D eigenvalue weighted by Gasteiger charge is 2.36. The summed E-state index contributed by atoms with van der Waals surface area (Å²) in [6, 6.07) is 3.41. The number of rotatable bonds is 3. The fourth-order valence-electron chi connectivity index (χ4n) is 4.81. The molecule has 126 valence electrons. The van der Waals surface area contributed by atoms with Gasteiger partial charge in [0.1, 0.15) is 5.82 Å². The second-order valence-electron chi connectivity index (χ2n) is 7.62. The zero-order valence-corrected chi connectivity index (χ0v) is 14.1. The molecule has 0 bridgehead atoms. The highest BCUT2D eigenvalue weighted by molar-refractivity contribution is 5.74. The van der Waals surface area contributed by atoms with Crippen molar-refractivity contribution in [2.45, 2.75) is 63.5 Å². The number of nitrogens with one attached hydrogen (secondary N) is 2. The average molecular weight is 324 g/mol. The van der Waals surface area contributed by atoms with Crippen LogP contribution in [0, 0.1) is 5.92 Å². The first kappa shape index (κ1) is 14.4. The van der Waals surface area contributed by atoms with E-state index in [0.717, 1.165) is 35.1 Å². The molecule has 2 saturated carbocycles. The zero-order chi connectivity index (χ0) is 16.1. The minimum atomic E-state index is 0.458. The highest BCUT2D eigenvalue weighted by Crippen LogP contribution is 2.40. The van der Waals surface area contributed by atoms with E-state index < -0.39 is 0 Å². The first-order chi connectivity index (χ1) is 11.8. The zero-order valence-electron chi connectivity index (χ0n) is 14.1. The lowest BCUT2D eigenvalue weighted by atomic mass is 9.97. The Morgan fingerprint density at radius 1 is 1.17 bits per heavy atom. The minimum absolute atomic E-state index is 0.458. The third-order valence-corrected chi connectivity index (χ3v) is 6.01. The van der Waals surface area contributed by atoms with Crippen LogP contribution in [-0.4, -0.2) is 36.6 Å². The van der Waals surface area contributed by atoms with Crippen molar-refractivity contribution >= 4 is 16.8 Å². The Morgan fingerprint density at radius 3 is 2.92 bits per heavy atom. The van der Waals surface area contributed by atoms with Gasteiger partial charge in [0, 0.05) is 24.2 Å². The van der Waals surface area contributed by atoms with Crippen molar-refractivity contribution in [3.63, 3.8) is 0 Å². The molecule has 2 N–H and O–H groups in total. The predicted octanol–water partition coefficient (Wildman–Crippen LogP) is 3.02. The van der Waals surface area contributed by atoms with E-state index in [0.29, 0.717) is 17.9 Å². The molecule has 6 heteroatoms. The largest absolute Gasteiger partial charge is 0.345 e. The van der Waals surface area contributed by atoms with Crippen LogP contribution in [0.3, 0.4) is 0 Å². The van der Waals surface area contributed by atoms with Crippen LogP contribution in [0.1, 0.15) is 57.2 Å². The van der Waals surface area contributed by atoms with Crippen LogP contribution in [-0.2, 0) is 0 Å². The lowest BCUT2D eigenvalue weighted by Gasteiger charge is -2.18. The van der Waals surface area contributed by atoms with Crippen molar-refractivity contribution in [1.29, 1.82) is 0 Å². The maximum absolute atomic E-state index is 4.56. The van der Waals surface area contributed by atoms with Gasteiger partial charge in [-0.1, -0.05) is 19.8 Å². The van der Waals surface area contributed by atoms with Gasteiger partial charge in [-0.3, -0.25) is 4.40 Å². The van der Waals surface area contributed by atoms with E-state index in [-0.39, 0.29) is 0 Å². The molecule has 0 aromatic carbocycles. The van der Waals surface area contributed by atoms with Gasteiger partial charge < -0.3 is 10.3 Å². The van der Waals surface area contributed by atoms with E-state index >= 15 is 0 Å². The molecule has 0 unspecified atom stereocenters. The molecular weight excluding hydrogens is 300 g/mol. The maximum Gasteiger partial charge on any atom is 0.179 e. The molecule has 3 atom stereocenters. The van der Waals surface area contributed by atoms with Crippen LogP contribution in [0.2, 0.25) is 0 Å². The number of aromatic amines is 1. The van der Waals surface area contributed by atoms with Crippen molar-refractivity contribution in [2.75, 3.05) is 0 Å². The fourth-order valence-corrected chi connectivity index (χ4v) is 4.81. The quantitative estimate of drug-likeness (QED) is 0.777. The summed E-state index contributed by atoms with van der Waals surface area (Å²) in [6.07, 6.45) is 11.6. The van der Waals surface area contributed by atoms with Crippen LogP contribution < -0.4 is 5.32 Å². The van der Waals surface area contributed by atoms with E-state index in [9.17, 15) is 0 Å². The Bertz CT molecular complexity index is 859. The van der Waals surface area contributed by atoms with Gasteiger partial charge in [0.05, 0.1) is 11.7 Å². The maximum atomic E-state index is 4.56. The predicted molar refractivity (Wildman–Crippen MR) is 93.0 cm³/mol. The summed E-state index contributed by atoms with van der Waals surface area (Å²) in [5, 5.41) is 12.8. The first-order valence-electron chi connectivity index (χ1n) is 9.23. The monoisotopic (exact) mass is 324 g/mol. The Balaban J connectivity index is 1.47. The molecule has 0 amide bonds. The summed E-state index contributed by atoms with van der Waals surface area (Å²) < 4.78 is 2.19. The number of nitrogens with zero attached hydrogens (tertiary/aromatic N) is 4. The average Bonchev–Trinajstić information content (AvgIpc) is 3.32. The molecule has 2 aliphatic rings.